The molecule has 0 saturated heterocycles. The van der Waals surface area contributed by atoms with E-state index in [9.17, 15) is 0 Å². The lowest BCUT2D eigenvalue weighted by molar-refractivity contribution is 0.418. The van der Waals surface area contributed by atoms with Crippen LogP contribution >= 0.6 is 0 Å². The lowest BCUT2D eigenvalue weighted by Crippen LogP contribution is -2.37. The predicted octanol–water partition coefficient (Wildman–Crippen LogP) is 4.16. The number of aromatic nitrogens is 2. The Balaban J connectivity index is 3.18. The van der Waals surface area contributed by atoms with Crippen LogP contribution in [-0.4, -0.2) is 22.6 Å². The largest absolute Gasteiger partial charge is 0.373 e. The molecule has 0 radical (unpaired) electrons. The summed E-state index contributed by atoms with van der Waals surface area (Å²) in [4.78, 5) is 9.32. The number of anilines is 2. The van der Waals surface area contributed by atoms with E-state index >= 15 is 0 Å². The lowest BCUT2D eigenvalue weighted by Gasteiger charge is -2.33. The zero-order valence-electron chi connectivity index (χ0n) is 13.9. The number of rotatable bonds is 8. The number of nitrogens with zero attached hydrogens (tertiary/aromatic N) is 2. The average molecular weight is 278 g/mol. The van der Waals surface area contributed by atoms with E-state index in [4.69, 9.17) is 4.98 Å². The highest BCUT2D eigenvalue weighted by Crippen LogP contribution is 2.28. The van der Waals surface area contributed by atoms with Crippen LogP contribution in [0.2, 0.25) is 0 Å². The van der Waals surface area contributed by atoms with Gasteiger partial charge in [0, 0.05) is 24.6 Å². The SMILES string of the molecule is CCCc1nc(NC)c(C)c(NC(CC)(CC)CC)n1. The van der Waals surface area contributed by atoms with Crippen LogP contribution in [0.25, 0.3) is 0 Å². The smallest absolute Gasteiger partial charge is 0.135 e. The maximum atomic E-state index is 4.74. The summed E-state index contributed by atoms with van der Waals surface area (Å²) < 4.78 is 0. The zero-order chi connectivity index (χ0) is 15.2. The van der Waals surface area contributed by atoms with Gasteiger partial charge in [0.25, 0.3) is 0 Å². The average Bonchev–Trinajstić information content (AvgIpc) is 2.48. The fourth-order valence-corrected chi connectivity index (χ4v) is 2.53. The van der Waals surface area contributed by atoms with Crippen molar-refractivity contribution in [2.75, 3.05) is 17.7 Å². The van der Waals surface area contributed by atoms with E-state index < -0.39 is 0 Å². The molecule has 0 fully saturated rings. The molecular formula is C16H30N4. The molecule has 1 aromatic heterocycles. The fourth-order valence-electron chi connectivity index (χ4n) is 2.53. The quantitative estimate of drug-likeness (QED) is 0.749. The minimum absolute atomic E-state index is 0.133. The Morgan fingerprint density at radius 1 is 0.950 bits per heavy atom. The molecule has 0 spiro atoms. The summed E-state index contributed by atoms with van der Waals surface area (Å²) in [5.41, 5.74) is 1.24. The van der Waals surface area contributed by atoms with Gasteiger partial charge in [0.2, 0.25) is 0 Å². The Kier molecular flexibility index (Phi) is 6.24. The molecule has 0 aromatic carbocycles. The van der Waals surface area contributed by atoms with E-state index in [1.54, 1.807) is 0 Å². The number of aryl methyl sites for hydroxylation is 1. The van der Waals surface area contributed by atoms with Crippen LogP contribution in [0.5, 0.6) is 0 Å². The summed E-state index contributed by atoms with van der Waals surface area (Å²) in [7, 11) is 1.92. The van der Waals surface area contributed by atoms with Crippen molar-refractivity contribution in [3.05, 3.63) is 11.4 Å². The van der Waals surface area contributed by atoms with Crippen molar-refractivity contribution < 1.29 is 0 Å². The molecule has 0 atom stereocenters. The van der Waals surface area contributed by atoms with E-state index in [1.807, 2.05) is 7.05 Å². The van der Waals surface area contributed by atoms with Gasteiger partial charge in [-0.3, -0.25) is 0 Å². The van der Waals surface area contributed by atoms with E-state index in [-0.39, 0.29) is 5.54 Å². The van der Waals surface area contributed by atoms with Crippen molar-refractivity contribution in [3.8, 4) is 0 Å². The van der Waals surface area contributed by atoms with Gasteiger partial charge in [0.05, 0.1) is 0 Å². The first kappa shape index (κ1) is 16.7. The van der Waals surface area contributed by atoms with E-state index in [2.05, 4.69) is 50.2 Å². The summed E-state index contributed by atoms with van der Waals surface area (Å²) in [6, 6.07) is 0. The van der Waals surface area contributed by atoms with Crippen molar-refractivity contribution in [3.63, 3.8) is 0 Å². The van der Waals surface area contributed by atoms with Crippen molar-refractivity contribution in [2.24, 2.45) is 0 Å². The number of nitrogens with one attached hydrogen (secondary N) is 2. The second kappa shape index (κ2) is 7.46. The topological polar surface area (TPSA) is 49.8 Å². The van der Waals surface area contributed by atoms with Crippen LogP contribution < -0.4 is 10.6 Å². The Labute approximate surface area is 123 Å². The first-order chi connectivity index (χ1) is 9.55. The minimum Gasteiger partial charge on any atom is -0.373 e. The van der Waals surface area contributed by atoms with Gasteiger partial charge in [-0.05, 0) is 32.6 Å². The third-order valence-electron chi connectivity index (χ3n) is 4.32. The highest BCUT2D eigenvalue weighted by atomic mass is 15.1. The molecule has 1 heterocycles. The van der Waals surface area contributed by atoms with Crippen molar-refractivity contribution >= 4 is 11.6 Å². The van der Waals surface area contributed by atoms with Crippen LogP contribution in [0.1, 0.15) is 64.8 Å². The van der Waals surface area contributed by atoms with Gasteiger partial charge < -0.3 is 10.6 Å². The van der Waals surface area contributed by atoms with Crippen LogP contribution in [-0.2, 0) is 6.42 Å². The lowest BCUT2D eigenvalue weighted by atomic mass is 9.89. The van der Waals surface area contributed by atoms with Crippen molar-refractivity contribution in [2.45, 2.75) is 72.3 Å². The maximum absolute atomic E-state index is 4.74. The third-order valence-corrected chi connectivity index (χ3v) is 4.32. The third kappa shape index (κ3) is 3.62. The van der Waals surface area contributed by atoms with Gasteiger partial charge in [0.1, 0.15) is 17.5 Å². The molecule has 0 saturated carbocycles. The highest BCUT2D eigenvalue weighted by molar-refractivity contribution is 5.58. The molecular weight excluding hydrogens is 248 g/mol. The summed E-state index contributed by atoms with van der Waals surface area (Å²) >= 11 is 0. The molecule has 20 heavy (non-hydrogen) atoms. The molecule has 2 N–H and O–H groups in total. The summed E-state index contributed by atoms with van der Waals surface area (Å²) in [6.45, 7) is 11.0. The minimum atomic E-state index is 0.133. The Bertz CT molecular complexity index is 416. The summed E-state index contributed by atoms with van der Waals surface area (Å²) in [6.07, 6.45) is 5.28. The van der Waals surface area contributed by atoms with Gasteiger partial charge in [0.15, 0.2) is 0 Å². The molecule has 4 nitrogen and oxygen atoms in total. The maximum Gasteiger partial charge on any atom is 0.135 e. The molecule has 1 aromatic rings. The first-order valence-corrected chi connectivity index (χ1v) is 7.89. The van der Waals surface area contributed by atoms with Crippen molar-refractivity contribution in [1.82, 2.24) is 9.97 Å². The molecule has 0 aliphatic carbocycles. The second-order valence-electron chi connectivity index (χ2n) is 5.43. The molecule has 0 bridgehead atoms. The standard InChI is InChI=1S/C16H30N4/c1-7-11-13-18-14(17-6)12(5)15(19-13)20-16(8-2,9-3)10-4/h7-11H2,1-6H3,(H2,17,18,19,20). The molecule has 0 unspecified atom stereocenters. The van der Waals surface area contributed by atoms with E-state index in [0.29, 0.717) is 0 Å². The summed E-state index contributed by atoms with van der Waals surface area (Å²) in [5.74, 6) is 2.84. The molecule has 114 valence electrons. The van der Waals surface area contributed by atoms with Gasteiger partial charge in [-0.1, -0.05) is 27.7 Å². The van der Waals surface area contributed by atoms with Gasteiger partial charge in [-0.2, -0.15) is 0 Å². The number of hydrogen-bond donors (Lipinski definition) is 2. The molecule has 0 aliphatic rings. The molecule has 1 rings (SSSR count). The highest BCUT2D eigenvalue weighted by Gasteiger charge is 2.25. The van der Waals surface area contributed by atoms with E-state index in [1.165, 1.54) is 0 Å². The predicted molar refractivity (Wildman–Crippen MR) is 87.5 cm³/mol. The van der Waals surface area contributed by atoms with Crippen LogP contribution in [0.4, 0.5) is 11.6 Å². The van der Waals surface area contributed by atoms with Crippen molar-refractivity contribution in [1.29, 1.82) is 0 Å². The molecule has 0 amide bonds. The van der Waals surface area contributed by atoms with Crippen LogP contribution in [0, 0.1) is 6.92 Å². The second-order valence-corrected chi connectivity index (χ2v) is 5.43. The molecule has 0 aliphatic heterocycles. The van der Waals surface area contributed by atoms with Gasteiger partial charge in [-0.25, -0.2) is 9.97 Å². The van der Waals surface area contributed by atoms with Crippen LogP contribution in [0.15, 0.2) is 0 Å². The van der Waals surface area contributed by atoms with Crippen LogP contribution in [0.3, 0.4) is 0 Å². The van der Waals surface area contributed by atoms with Gasteiger partial charge in [-0.15, -0.1) is 0 Å². The Morgan fingerprint density at radius 3 is 1.95 bits per heavy atom. The Morgan fingerprint density at radius 2 is 1.50 bits per heavy atom. The van der Waals surface area contributed by atoms with E-state index in [0.717, 1.165) is 55.1 Å². The Hall–Kier alpha value is -1.32. The van der Waals surface area contributed by atoms with Gasteiger partial charge >= 0.3 is 0 Å². The normalized spacial score (nSPS) is 11.5. The summed E-state index contributed by atoms with van der Waals surface area (Å²) in [5, 5.41) is 6.88. The first-order valence-electron chi connectivity index (χ1n) is 7.89. The monoisotopic (exact) mass is 278 g/mol. The fraction of sp³-hybridized carbons (Fsp3) is 0.750. The molecule has 4 heteroatoms. The number of hydrogen-bond acceptors (Lipinski definition) is 4. The zero-order valence-corrected chi connectivity index (χ0v) is 13.9.